The van der Waals surface area contributed by atoms with E-state index in [-0.39, 0.29) is 18.7 Å². The molecule has 2 unspecified atom stereocenters. The Balaban J connectivity index is 1.83. The number of ether oxygens (including phenoxy) is 3. The number of rotatable bonds is 42. The summed E-state index contributed by atoms with van der Waals surface area (Å²) in [6.07, 6.45) is 22.7. The molecule has 0 amide bonds. The number of carbonyl (C=O) groups excluding carboxylic acids is 2. The number of hydrogen-bond acceptors (Lipinski definition) is 17. The Labute approximate surface area is 414 Å². The molecule has 1 saturated heterocycles. The van der Waals surface area contributed by atoms with Crippen LogP contribution in [0.5, 0.6) is 0 Å². The first-order valence-electron chi connectivity index (χ1n) is 25.5. The maximum atomic E-state index is 12.9. The van der Waals surface area contributed by atoms with Crippen molar-refractivity contribution in [3.63, 3.8) is 0 Å². The molecule has 0 spiro atoms. The number of aromatic nitrogens is 2. The molecule has 1 aromatic heterocycles. The summed E-state index contributed by atoms with van der Waals surface area (Å²) < 4.78 is 56.7. The van der Waals surface area contributed by atoms with Crippen LogP contribution in [0, 0.1) is 0 Å². The summed E-state index contributed by atoms with van der Waals surface area (Å²) in [5.41, 5.74) is 4.57. The number of aliphatic hydroxyl groups excluding tert-OH is 4. The molecule has 20 nitrogen and oxygen atoms in total. The van der Waals surface area contributed by atoms with Gasteiger partial charge >= 0.3 is 33.3 Å². The van der Waals surface area contributed by atoms with Crippen molar-refractivity contribution in [3.8, 4) is 0 Å². The number of phosphoric ester groups is 2. The van der Waals surface area contributed by atoms with Crippen LogP contribution < -0.4 is 11.4 Å². The lowest BCUT2D eigenvalue weighted by Crippen LogP contribution is -2.36. The molecule has 22 heteroatoms. The van der Waals surface area contributed by atoms with Crippen LogP contribution in [0.4, 0.5) is 5.82 Å². The van der Waals surface area contributed by atoms with Gasteiger partial charge in [0.15, 0.2) is 12.3 Å². The summed E-state index contributed by atoms with van der Waals surface area (Å²) >= 11 is 0. The van der Waals surface area contributed by atoms with E-state index in [1.165, 1.54) is 31.7 Å². The van der Waals surface area contributed by atoms with Crippen LogP contribution in [0.2, 0.25) is 0 Å². The SMILES string of the molecule is CCCCC/C=C\C[C@H](O)[C@@H](O)CCCCCCCC(=O)O[C@H](COC(=O)CCCCCCCCC/C=C\CCCCCC)COP(=O)(O)OP(=O)(O)OC[C@H]1O[C@@H](n2ccc(N)nc2=O)[C@H](O)[C@@H]1O. The van der Waals surface area contributed by atoms with E-state index in [1.807, 2.05) is 12.2 Å². The zero-order valence-corrected chi connectivity index (χ0v) is 43.3. The van der Waals surface area contributed by atoms with Crippen LogP contribution in [0.1, 0.15) is 187 Å². The molecule has 1 aromatic rings. The van der Waals surface area contributed by atoms with Crippen LogP contribution >= 0.6 is 15.6 Å². The maximum Gasteiger partial charge on any atom is 0.481 e. The van der Waals surface area contributed by atoms with Crippen LogP contribution in [0.3, 0.4) is 0 Å². The largest absolute Gasteiger partial charge is 0.481 e. The molecular weight excluding hydrogens is 952 g/mol. The Morgan fingerprint density at radius 3 is 1.89 bits per heavy atom. The van der Waals surface area contributed by atoms with E-state index >= 15 is 0 Å². The van der Waals surface area contributed by atoms with E-state index in [4.69, 9.17) is 29.0 Å². The van der Waals surface area contributed by atoms with Crippen molar-refractivity contribution in [1.29, 1.82) is 0 Å². The monoisotopic (exact) mass is 1040 g/mol. The van der Waals surface area contributed by atoms with Crippen LogP contribution in [-0.4, -0.2) is 108 Å². The van der Waals surface area contributed by atoms with E-state index in [2.05, 4.69) is 35.3 Å². The zero-order chi connectivity index (χ0) is 51.6. The van der Waals surface area contributed by atoms with Crippen molar-refractivity contribution < 1.29 is 76.5 Å². The molecule has 1 aliphatic rings. The first-order chi connectivity index (χ1) is 33.5. The normalized spacial score (nSPS) is 20.3. The summed E-state index contributed by atoms with van der Waals surface area (Å²) in [4.78, 5) is 61.9. The van der Waals surface area contributed by atoms with E-state index in [0.717, 1.165) is 101 Å². The fourth-order valence-electron chi connectivity index (χ4n) is 7.57. The highest BCUT2D eigenvalue weighted by molar-refractivity contribution is 7.61. The molecule has 0 aliphatic carbocycles. The minimum Gasteiger partial charge on any atom is -0.462 e. The molecule has 0 saturated carbocycles. The molecule has 1 aliphatic heterocycles. The molecule has 0 radical (unpaired) electrons. The lowest BCUT2D eigenvalue weighted by Gasteiger charge is -2.21. The second-order valence-corrected chi connectivity index (χ2v) is 21.0. The number of nitrogen functional groups attached to an aromatic ring is 1. The third-order valence-electron chi connectivity index (χ3n) is 11.7. The standard InChI is InChI=1S/C48H85N3O17P2/c1-3-5-7-9-11-12-13-14-15-16-17-18-19-23-27-31-43(54)63-35-38(66-44(55)32-28-24-20-22-26-30-40(53)39(52)29-25-21-10-8-6-4-2)36-64-69(59,60)68-70(61,62)65-37-41-45(56)46(57)47(67-41)51-34-33-42(49)50-48(51)58/h12-13,21,25,33-34,38-41,45-47,52-53,56-57H,3-11,14-20,22-24,26-32,35-37H2,1-2H3,(H,59,60)(H,61,62)(H2,49,50,58)/b13-12-,25-21-/t38-,39+,40+,41-,45-,46-,47-/m1/s1. The van der Waals surface area contributed by atoms with E-state index < -0.39 is 95.9 Å². The van der Waals surface area contributed by atoms with Crippen molar-refractivity contribution in [1.82, 2.24) is 9.55 Å². The number of unbranched alkanes of at least 4 members (excludes halogenated alkanes) is 18. The molecule has 2 heterocycles. The highest BCUT2D eigenvalue weighted by Gasteiger charge is 2.46. The second-order valence-electron chi connectivity index (χ2n) is 18.0. The van der Waals surface area contributed by atoms with Gasteiger partial charge in [-0.15, -0.1) is 0 Å². The fourth-order valence-corrected chi connectivity index (χ4v) is 9.68. The van der Waals surface area contributed by atoms with Crippen molar-refractivity contribution in [2.75, 3.05) is 25.6 Å². The van der Waals surface area contributed by atoms with Gasteiger partial charge in [-0.25, -0.2) is 13.9 Å². The van der Waals surface area contributed by atoms with Gasteiger partial charge in [-0.1, -0.05) is 128 Å². The molecule has 0 aromatic carbocycles. The van der Waals surface area contributed by atoms with Crippen LogP contribution in [0.15, 0.2) is 41.4 Å². The third-order valence-corrected chi connectivity index (χ3v) is 14.3. The van der Waals surface area contributed by atoms with Gasteiger partial charge in [-0.05, 0) is 70.3 Å². The lowest BCUT2D eigenvalue weighted by molar-refractivity contribution is -0.161. The molecule has 0 bridgehead atoms. The highest BCUT2D eigenvalue weighted by Crippen LogP contribution is 2.60. The van der Waals surface area contributed by atoms with Gasteiger partial charge in [-0.2, -0.15) is 9.29 Å². The number of anilines is 1. The van der Waals surface area contributed by atoms with Gasteiger partial charge in [0.2, 0.25) is 0 Å². The fraction of sp³-hybridized carbons (Fsp3) is 0.792. The van der Waals surface area contributed by atoms with Crippen molar-refractivity contribution in [2.24, 2.45) is 0 Å². The average Bonchev–Trinajstić information content (AvgIpc) is 3.59. The number of nitrogens with two attached hydrogens (primary N) is 1. The molecule has 1 fully saturated rings. The lowest BCUT2D eigenvalue weighted by atomic mass is 10.0. The third kappa shape index (κ3) is 29.0. The molecule has 8 N–H and O–H groups in total. The Morgan fingerprint density at radius 2 is 1.26 bits per heavy atom. The highest BCUT2D eigenvalue weighted by atomic mass is 31.3. The minimum absolute atomic E-state index is 0.0483. The molecule has 70 heavy (non-hydrogen) atoms. The van der Waals surface area contributed by atoms with Crippen molar-refractivity contribution in [3.05, 3.63) is 47.1 Å². The smallest absolute Gasteiger partial charge is 0.462 e. The van der Waals surface area contributed by atoms with Crippen molar-refractivity contribution in [2.45, 2.75) is 224 Å². The van der Waals surface area contributed by atoms with Crippen molar-refractivity contribution >= 4 is 33.4 Å². The Bertz CT molecular complexity index is 1800. The summed E-state index contributed by atoms with van der Waals surface area (Å²) in [7, 11) is -10.9. The van der Waals surface area contributed by atoms with Gasteiger partial charge < -0.3 is 50.2 Å². The maximum absolute atomic E-state index is 12.9. The molecule has 2 rings (SSSR count). The number of allylic oxidation sites excluding steroid dienone is 3. The van der Waals surface area contributed by atoms with E-state index in [0.29, 0.717) is 38.5 Å². The van der Waals surface area contributed by atoms with Gasteiger partial charge in [0.1, 0.15) is 30.7 Å². The number of phosphoric acid groups is 2. The minimum atomic E-state index is -5.46. The summed E-state index contributed by atoms with van der Waals surface area (Å²) in [6, 6.07) is 1.24. The first kappa shape index (κ1) is 63.3. The summed E-state index contributed by atoms with van der Waals surface area (Å²) in [5, 5.41) is 41.5. The zero-order valence-electron chi connectivity index (χ0n) is 41.6. The second kappa shape index (κ2) is 37.0. The number of hydrogen-bond donors (Lipinski definition) is 7. The topological polar surface area (TPSA) is 306 Å². The Kier molecular flexibility index (Phi) is 33.4. The molecular formula is C48H85N3O17P2. The first-order valence-corrected chi connectivity index (χ1v) is 28.5. The summed E-state index contributed by atoms with van der Waals surface area (Å²) in [5.74, 6) is -1.42. The van der Waals surface area contributed by atoms with Gasteiger partial charge in [0.05, 0.1) is 25.4 Å². The number of esters is 2. The predicted molar refractivity (Wildman–Crippen MR) is 264 cm³/mol. The van der Waals surface area contributed by atoms with Crippen LogP contribution in [0.25, 0.3) is 0 Å². The van der Waals surface area contributed by atoms with Gasteiger partial charge in [0, 0.05) is 19.0 Å². The molecule has 404 valence electrons. The number of nitrogens with zero attached hydrogens (tertiary/aromatic N) is 2. The average molecular weight is 1040 g/mol. The van der Waals surface area contributed by atoms with Crippen LogP contribution in [-0.2, 0) is 46.3 Å². The quantitative estimate of drug-likeness (QED) is 0.0140. The van der Waals surface area contributed by atoms with E-state index in [9.17, 15) is 53.7 Å². The van der Waals surface area contributed by atoms with E-state index in [1.54, 1.807) is 0 Å². The number of aliphatic hydroxyl groups is 4. The Morgan fingerprint density at radius 1 is 0.729 bits per heavy atom. The predicted octanol–water partition coefficient (Wildman–Crippen LogP) is 8.17. The van der Waals surface area contributed by atoms with Gasteiger partial charge in [0.25, 0.3) is 0 Å². The number of carbonyl (C=O) groups is 2. The van der Waals surface area contributed by atoms with Gasteiger partial charge in [-0.3, -0.25) is 23.2 Å². The Hall–Kier alpha value is -2.84. The summed E-state index contributed by atoms with van der Waals surface area (Å²) in [6.45, 7) is 1.93. The molecule has 9 atom stereocenters.